The summed E-state index contributed by atoms with van der Waals surface area (Å²) < 4.78 is 11.2. The average Bonchev–Trinajstić information content (AvgIpc) is 3.44. The highest BCUT2D eigenvalue weighted by molar-refractivity contribution is 5.88. The monoisotopic (exact) mass is 520 g/mol. The summed E-state index contributed by atoms with van der Waals surface area (Å²) >= 11 is 0. The molecule has 1 heterocycles. The van der Waals surface area contributed by atoms with E-state index >= 15 is 0 Å². The summed E-state index contributed by atoms with van der Waals surface area (Å²) in [6, 6.07) is 14.5. The van der Waals surface area contributed by atoms with E-state index in [9.17, 15) is 14.4 Å². The van der Waals surface area contributed by atoms with Gasteiger partial charge in [0.2, 0.25) is 5.91 Å². The molecular weight excluding hydrogens is 484 g/mol. The lowest BCUT2D eigenvalue weighted by molar-refractivity contribution is -0.125. The number of alkyl carbamates (subject to hydrolysis) is 1. The Hall–Kier alpha value is -3.88. The molecule has 1 fully saturated rings. The summed E-state index contributed by atoms with van der Waals surface area (Å²) in [6.07, 6.45) is 0.696. The van der Waals surface area contributed by atoms with Gasteiger partial charge in [0.15, 0.2) is 0 Å². The van der Waals surface area contributed by atoms with Crippen molar-refractivity contribution in [2.45, 2.75) is 70.2 Å². The van der Waals surface area contributed by atoms with Gasteiger partial charge in [-0.15, -0.1) is 0 Å². The van der Waals surface area contributed by atoms with Crippen LogP contribution in [-0.4, -0.2) is 66.1 Å². The molecule has 9 heteroatoms. The number of nitrogens with one attached hydrogen (secondary N) is 3. The number of amides is 3. The van der Waals surface area contributed by atoms with Crippen molar-refractivity contribution in [3.63, 3.8) is 0 Å². The molecule has 4 rings (SSSR count). The highest BCUT2D eigenvalue weighted by atomic mass is 16.6. The zero-order chi connectivity index (χ0) is 27.4. The zero-order valence-corrected chi connectivity index (χ0v) is 22.3. The molecule has 2 aromatic carbocycles. The van der Waals surface area contributed by atoms with Crippen molar-refractivity contribution in [3.8, 4) is 11.1 Å². The van der Waals surface area contributed by atoms with Gasteiger partial charge in [0.1, 0.15) is 18.2 Å². The van der Waals surface area contributed by atoms with Crippen molar-refractivity contribution < 1.29 is 23.9 Å². The SMILES string of the molecule is CC[C@@H](C=N)NC(=O)[C@@H]1C[C@@H](NC(=O)OCC2c3ccccc3-c3ccccc32)CN1C(=O)OC(C)(C)C. The van der Waals surface area contributed by atoms with E-state index in [-0.39, 0.29) is 31.4 Å². The Morgan fingerprint density at radius 2 is 1.68 bits per heavy atom. The maximum atomic E-state index is 13.0. The molecule has 3 N–H and O–H groups in total. The highest BCUT2D eigenvalue weighted by Crippen LogP contribution is 2.44. The third-order valence-electron chi connectivity index (χ3n) is 6.87. The zero-order valence-electron chi connectivity index (χ0n) is 22.3. The lowest BCUT2D eigenvalue weighted by Crippen LogP contribution is -2.50. The van der Waals surface area contributed by atoms with Gasteiger partial charge in [-0.1, -0.05) is 55.5 Å². The van der Waals surface area contributed by atoms with Crippen LogP contribution in [0.15, 0.2) is 48.5 Å². The van der Waals surface area contributed by atoms with Crippen molar-refractivity contribution in [3.05, 3.63) is 59.7 Å². The number of hydrogen-bond donors (Lipinski definition) is 3. The second kappa shape index (κ2) is 11.2. The minimum absolute atomic E-state index is 0.0689. The molecule has 1 aliphatic heterocycles. The Labute approximate surface area is 223 Å². The lowest BCUT2D eigenvalue weighted by Gasteiger charge is -2.28. The number of nitrogens with zero attached hydrogens (tertiary/aromatic N) is 1. The number of benzene rings is 2. The molecule has 0 bridgehead atoms. The average molecular weight is 521 g/mol. The van der Waals surface area contributed by atoms with Gasteiger partial charge in [0, 0.05) is 18.7 Å². The molecule has 3 atom stereocenters. The van der Waals surface area contributed by atoms with Crippen LogP contribution in [0.1, 0.15) is 57.6 Å². The van der Waals surface area contributed by atoms with Crippen LogP contribution in [0.2, 0.25) is 0 Å². The van der Waals surface area contributed by atoms with Crippen LogP contribution >= 0.6 is 0 Å². The number of likely N-dealkylation sites (tertiary alicyclic amines) is 1. The van der Waals surface area contributed by atoms with E-state index in [4.69, 9.17) is 14.9 Å². The highest BCUT2D eigenvalue weighted by Gasteiger charge is 2.42. The Bertz CT molecular complexity index is 1160. The smallest absolute Gasteiger partial charge is 0.411 e. The molecule has 0 aromatic heterocycles. The quantitative estimate of drug-likeness (QED) is 0.466. The van der Waals surface area contributed by atoms with E-state index in [1.165, 1.54) is 4.90 Å². The van der Waals surface area contributed by atoms with Crippen LogP contribution in [-0.2, 0) is 14.3 Å². The molecule has 202 valence electrons. The number of hydrogen-bond acceptors (Lipinski definition) is 6. The largest absolute Gasteiger partial charge is 0.449 e. The summed E-state index contributed by atoms with van der Waals surface area (Å²) in [4.78, 5) is 40.1. The number of carbonyl (C=O) groups excluding carboxylic acids is 3. The topological polar surface area (TPSA) is 121 Å². The van der Waals surface area contributed by atoms with Crippen LogP contribution < -0.4 is 10.6 Å². The van der Waals surface area contributed by atoms with E-state index in [1.54, 1.807) is 20.8 Å². The summed E-state index contributed by atoms with van der Waals surface area (Å²) in [6.45, 7) is 7.40. The second-order valence-electron chi connectivity index (χ2n) is 10.7. The van der Waals surface area contributed by atoms with E-state index < -0.39 is 35.9 Å². The maximum Gasteiger partial charge on any atom is 0.411 e. The fourth-order valence-corrected chi connectivity index (χ4v) is 5.06. The van der Waals surface area contributed by atoms with Crippen molar-refractivity contribution in [2.75, 3.05) is 13.2 Å². The normalized spacial score (nSPS) is 19.2. The number of rotatable bonds is 7. The Morgan fingerprint density at radius 3 is 2.24 bits per heavy atom. The first-order valence-electron chi connectivity index (χ1n) is 13.0. The molecule has 1 aliphatic carbocycles. The Morgan fingerprint density at radius 1 is 1.08 bits per heavy atom. The third kappa shape index (κ3) is 5.98. The summed E-state index contributed by atoms with van der Waals surface area (Å²) in [5, 5.41) is 13.1. The Kier molecular flexibility index (Phi) is 8.04. The third-order valence-corrected chi connectivity index (χ3v) is 6.87. The van der Waals surface area contributed by atoms with Crippen LogP contribution in [0.3, 0.4) is 0 Å². The molecule has 1 saturated heterocycles. The van der Waals surface area contributed by atoms with Crippen molar-refractivity contribution in [1.29, 1.82) is 5.41 Å². The first kappa shape index (κ1) is 27.2. The molecule has 0 unspecified atom stereocenters. The van der Waals surface area contributed by atoms with Crippen LogP contribution in [0, 0.1) is 5.41 Å². The molecule has 3 amide bonds. The van der Waals surface area contributed by atoms with Crippen molar-refractivity contribution >= 4 is 24.3 Å². The minimum atomic E-state index is -0.835. The van der Waals surface area contributed by atoms with Crippen LogP contribution in [0.5, 0.6) is 0 Å². The number of fused-ring (bicyclic) bond motifs is 3. The van der Waals surface area contributed by atoms with E-state index in [2.05, 4.69) is 34.9 Å². The summed E-state index contributed by atoms with van der Waals surface area (Å²) in [5.41, 5.74) is 3.78. The predicted octanol–water partition coefficient (Wildman–Crippen LogP) is 4.45. The first-order valence-corrected chi connectivity index (χ1v) is 13.0. The second-order valence-corrected chi connectivity index (χ2v) is 10.7. The first-order chi connectivity index (χ1) is 18.1. The predicted molar refractivity (Wildman–Crippen MR) is 144 cm³/mol. The molecule has 2 aliphatic rings. The van der Waals surface area contributed by atoms with E-state index in [0.29, 0.717) is 6.42 Å². The molecular formula is C29H36N4O5. The van der Waals surface area contributed by atoms with Gasteiger partial charge >= 0.3 is 12.2 Å². The fraction of sp³-hybridized carbons (Fsp3) is 0.448. The van der Waals surface area contributed by atoms with Crippen LogP contribution in [0.25, 0.3) is 11.1 Å². The minimum Gasteiger partial charge on any atom is -0.449 e. The van der Waals surface area contributed by atoms with Gasteiger partial charge in [-0.05, 0) is 55.9 Å². The van der Waals surface area contributed by atoms with Gasteiger partial charge in [-0.2, -0.15) is 0 Å². The standard InChI is InChI=1S/C29H36N4O5/c1-5-18(15-30)31-26(34)25-14-19(16-33(25)28(36)38-29(2,3)4)32-27(35)37-17-24-22-12-8-6-10-20(22)21-11-7-9-13-23(21)24/h6-13,15,18-19,24-25,30H,5,14,16-17H2,1-4H3,(H,31,34)(H,32,35)/t18-,19+,25-/m0/s1. The van der Waals surface area contributed by atoms with Gasteiger partial charge in [-0.3, -0.25) is 9.69 Å². The summed E-state index contributed by atoms with van der Waals surface area (Å²) in [5.74, 6) is -0.455. The molecule has 0 radical (unpaired) electrons. The van der Waals surface area contributed by atoms with Crippen LogP contribution in [0.4, 0.5) is 9.59 Å². The summed E-state index contributed by atoms with van der Waals surface area (Å²) in [7, 11) is 0. The number of carbonyl (C=O) groups is 3. The molecule has 2 aromatic rings. The molecule has 9 nitrogen and oxygen atoms in total. The van der Waals surface area contributed by atoms with Gasteiger partial charge in [-0.25, -0.2) is 9.59 Å². The Balaban J connectivity index is 1.41. The van der Waals surface area contributed by atoms with Crippen molar-refractivity contribution in [2.24, 2.45) is 0 Å². The molecule has 0 saturated carbocycles. The maximum absolute atomic E-state index is 13.0. The van der Waals surface area contributed by atoms with Gasteiger partial charge < -0.3 is 25.5 Å². The van der Waals surface area contributed by atoms with Gasteiger partial charge in [0.05, 0.1) is 12.1 Å². The number of ether oxygens (including phenoxy) is 2. The molecule has 0 spiro atoms. The van der Waals surface area contributed by atoms with Gasteiger partial charge in [0.25, 0.3) is 0 Å². The molecule has 38 heavy (non-hydrogen) atoms. The van der Waals surface area contributed by atoms with Crippen molar-refractivity contribution in [1.82, 2.24) is 15.5 Å². The van der Waals surface area contributed by atoms with E-state index in [0.717, 1.165) is 28.5 Å². The van der Waals surface area contributed by atoms with E-state index in [1.807, 2.05) is 31.2 Å². The lowest BCUT2D eigenvalue weighted by atomic mass is 9.98. The fourth-order valence-electron chi connectivity index (χ4n) is 5.06.